The van der Waals surface area contributed by atoms with Crippen LogP contribution >= 0.6 is 0 Å². The topological polar surface area (TPSA) is 85.4 Å². The maximum Gasteiger partial charge on any atom is 0.336 e. The number of pyridine rings is 1. The van der Waals surface area contributed by atoms with Gasteiger partial charge in [-0.3, -0.25) is 0 Å². The van der Waals surface area contributed by atoms with Gasteiger partial charge in [0.25, 0.3) is 0 Å². The lowest BCUT2D eigenvalue weighted by Gasteiger charge is -2.09. The van der Waals surface area contributed by atoms with E-state index in [4.69, 9.17) is 10.5 Å². The van der Waals surface area contributed by atoms with Crippen LogP contribution in [0.3, 0.4) is 0 Å². The standard InChI is InChI=1S/C25H22N2O3/c1-2-13-30-20-10-7-17(8-11-20)16-3-5-18(6-4-16)24-15-22(25(28)29)21-14-19(26)9-12-23(21)27-24/h3-12,14-15H,2,13,26H2,1H3,(H,28,29). The van der Waals surface area contributed by atoms with Crippen LogP contribution in [0, 0.1) is 0 Å². The predicted octanol–water partition coefficient (Wildman–Crippen LogP) is 5.64. The van der Waals surface area contributed by atoms with E-state index in [2.05, 4.69) is 11.9 Å². The maximum absolute atomic E-state index is 11.8. The fraction of sp³-hybridized carbons (Fsp3) is 0.120. The Morgan fingerprint density at radius 1 is 0.933 bits per heavy atom. The smallest absolute Gasteiger partial charge is 0.336 e. The van der Waals surface area contributed by atoms with E-state index in [1.54, 1.807) is 24.3 Å². The number of rotatable bonds is 6. The number of aromatic carboxylic acids is 1. The Kier molecular flexibility index (Phi) is 5.35. The SMILES string of the molecule is CCCOc1ccc(-c2ccc(-c3cc(C(=O)O)c4cc(N)ccc4n3)cc2)cc1. The number of nitrogens with two attached hydrogens (primary N) is 1. The molecular formula is C25H22N2O3. The summed E-state index contributed by atoms with van der Waals surface area (Å²) in [6, 6.07) is 22.6. The molecule has 0 aliphatic heterocycles. The van der Waals surface area contributed by atoms with Gasteiger partial charge in [-0.2, -0.15) is 0 Å². The first kappa shape index (κ1) is 19.5. The second kappa shape index (κ2) is 8.25. The third-order valence-corrected chi connectivity index (χ3v) is 4.90. The normalized spacial score (nSPS) is 10.8. The number of carboxylic acids is 1. The van der Waals surface area contributed by atoms with Crippen LogP contribution < -0.4 is 10.5 Å². The number of fused-ring (bicyclic) bond motifs is 1. The fourth-order valence-electron chi connectivity index (χ4n) is 3.37. The molecule has 150 valence electrons. The Hall–Kier alpha value is -3.86. The molecule has 3 N–H and O–H groups in total. The number of ether oxygens (including phenoxy) is 1. The molecule has 30 heavy (non-hydrogen) atoms. The molecule has 1 heterocycles. The molecule has 3 aromatic carbocycles. The van der Waals surface area contributed by atoms with Gasteiger partial charge in [0.05, 0.1) is 23.4 Å². The Balaban J connectivity index is 1.66. The molecule has 0 saturated carbocycles. The van der Waals surface area contributed by atoms with Crippen LogP contribution in [-0.4, -0.2) is 22.7 Å². The number of nitrogen functional groups attached to an aromatic ring is 1. The number of aromatic nitrogens is 1. The number of hydrogen-bond donors (Lipinski definition) is 2. The summed E-state index contributed by atoms with van der Waals surface area (Å²) in [6.45, 7) is 2.78. The van der Waals surface area contributed by atoms with E-state index in [-0.39, 0.29) is 5.56 Å². The van der Waals surface area contributed by atoms with Gasteiger partial charge in [0.15, 0.2) is 0 Å². The highest BCUT2D eigenvalue weighted by atomic mass is 16.5. The highest BCUT2D eigenvalue weighted by Crippen LogP contribution is 2.29. The highest BCUT2D eigenvalue weighted by Gasteiger charge is 2.13. The third kappa shape index (κ3) is 3.96. The van der Waals surface area contributed by atoms with Crippen LogP contribution in [0.15, 0.2) is 72.8 Å². The van der Waals surface area contributed by atoms with E-state index >= 15 is 0 Å². The number of anilines is 1. The Morgan fingerprint density at radius 3 is 2.20 bits per heavy atom. The van der Waals surface area contributed by atoms with Gasteiger partial charge in [-0.05, 0) is 53.9 Å². The number of hydrogen-bond acceptors (Lipinski definition) is 4. The van der Waals surface area contributed by atoms with Gasteiger partial charge >= 0.3 is 5.97 Å². The summed E-state index contributed by atoms with van der Waals surface area (Å²) in [5.41, 5.74) is 10.7. The number of carbonyl (C=O) groups is 1. The van der Waals surface area contributed by atoms with Gasteiger partial charge in [-0.15, -0.1) is 0 Å². The second-order valence-electron chi connectivity index (χ2n) is 7.09. The summed E-state index contributed by atoms with van der Waals surface area (Å²) in [4.78, 5) is 16.4. The van der Waals surface area contributed by atoms with Gasteiger partial charge in [-0.25, -0.2) is 9.78 Å². The van der Waals surface area contributed by atoms with Crippen molar-refractivity contribution in [3.63, 3.8) is 0 Å². The molecule has 1 aromatic heterocycles. The van der Waals surface area contributed by atoms with Crippen LogP contribution in [0.2, 0.25) is 0 Å². The van der Waals surface area contributed by atoms with Crippen molar-refractivity contribution in [1.82, 2.24) is 4.98 Å². The van der Waals surface area contributed by atoms with E-state index in [0.29, 0.717) is 28.9 Å². The van der Waals surface area contributed by atoms with Gasteiger partial charge < -0.3 is 15.6 Å². The second-order valence-corrected chi connectivity index (χ2v) is 7.09. The highest BCUT2D eigenvalue weighted by molar-refractivity contribution is 6.04. The summed E-state index contributed by atoms with van der Waals surface area (Å²) < 4.78 is 5.63. The first-order valence-electron chi connectivity index (χ1n) is 9.82. The molecule has 0 spiro atoms. The molecule has 0 aliphatic carbocycles. The van der Waals surface area contributed by atoms with Crippen molar-refractivity contribution >= 4 is 22.6 Å². The zero-order valence-electron chi connectivity index (χ0n) is 16.6. The van der Waals surface area contributed by atoms with Crippen molar-refractivity contribution in [2.75, 3.05) is 12.3 Å². The largest absolute Gasteiger partial charge is 0.494 e. The zero-order chi connectivity index (χ0) is 21.1. The molecule has 0 fully saturated rings. The minimum absolute atomic E-state index is 0.189. The first-order valence-corrected chi connectivity index (χ1v) is 9.82. The lowest BCUT2D eigenvalue weighted by atomic mass is 10.0. The van der Waals surface area contributed by atoms with Gasteiger partial charge in [0, 0.05) is 16.6 Å². The Labute approximate surface area is 174 Å². The lowest BCUT2D eigenvalue weighted by molar-refractivity contribution is 0.0699. The van der Waals surface area contributed by atoms with Crippen molar-refractivity contribution < 1.29 is 14.6 Å². The molecule has 4 aromatic rings. The van der Waals surface area contributed by atoms with Crippen molar-refractivity contribution in [2.24, 2.45) is 0 Å². The molecule has 0 amide bonds. The van der Waals surface area contributed by atoms with E-state index < -0.39 is 5.97 Å². The van der Waals surface area contributed by atoms with Crippen LogP contribution in [0.4, 0.5) is 5.69 Å². The van der Waals surface area contributed by atoms with Crippen molar-refractivity contribution in [1.29, 1.82) is 0 Å². The average Bonchev–Trinajstić information content (AvgIpc) is 2.77. The van der Waals surface area contributed by atoms with Crippen molar-refractivity contribution in [2.45, 2.75) is 13.3 Å². The molecule has 4 rings (SSSR count). The van der Waals surface area contributed by atoms with Crippen LogP contribution in [0.1, 0.15) is 23.7 Å². The Morgan fingerprint density at radius 2 is 1.57 bits per heavy atom. The van der Waals surface area contributed by atoms with Crippen LogP contribution in [0.25, 0.3) is 33.3 Å². The number of carboxylic acid groups (broad SMARTS) is 1. The van der Waals surface area contributed by atoms with Crippen LogP contribution in [0.5, 0.6) is 5.75 Å². The van der Waals surface area contributed by atoms with Gasteiger partial charge in [0.2, 0.25) is 0 Å². The number of nitrogens with zero attached hydrogens (tertiary/aromatic N) is 1. The van der Waals surface area contributed by atoms with Gasteiger partial charge in [-0.1, -0.05) is 43.3 Å². The van der Waals surface area contributed by atoms with Crippen molar-refractivity contribution in [3.8, 4) is 28.1 Å². The minimum Gasteiger partial charge on any atom is -0.494 e. The molecule has 0 bridgehead atoms. The fourth-order valence-corrected chi connectivity index (χ4v) is 3.37. The molecular weight excluding hydrogens is 376 g/mol. The molecule has 5 nitrogen and oxygen atoms in total. The van der Waals surface area contributed by atoms with E-state index in [1.165, 1.54) is 0 Å². The van der Waals surface area contributed by atoms with E-state index in [1.807, 2.05) is 48.5 Å². The summed E-state index contributed by atoms with van der Waals surface area (Å²) in [5.74, 6) is -0.143. The zero-order valence-corrected chi connectivity index (χ0v) is 16.6. The lowest BCUT2D eigenvalue weighted by Crippen LogP contribution is -2.01. The molecule has 0 aliphatic rings. The molecule has 5 heteroatoms. The predicted molar refractivity (Wildman–Crippen MR) is 120 cm³/mol. The van der Waals surface area contributed by atoms with Gasteiger partial charge in [0.1, 0.15) is 5.75 Å². The first-order chi connectivity index (χ1) is 14.5. The Bertz CT molecular complexity index is 1200. The quantitative estimate of drug-likeness (QED) is 0.411. The molecule has 0 unspecified atom stereocenters. The van der Waals surface area contributed by atoms with E-state index in [0.717, 1.165) is 28.9 Å². The summed E-state index contributed by atoms with van der Waals surface area (Å²) in [6.07, 6.45) is 0.975. The molecule has 0 atom stereocenters. The summed E-state index contributed by atoms with van der Waals surface area (Å²) in [7, 11) is 0. The number of benzene rings is 3. The van der Waals surface area contributed by atoms with Crippen LogP contribution in [-0.2, 0) is 0 Å². The van der Waals surface area contributed by atoms with Crippen molar-refractivity contribution in [3.05, 3.63) is 78.4 Å². The molecule has 0 saturated heterocycles. The third-order valence-electron chi connectivity index (χ3n) is 4.90. The minimum atomic E-state index is -1.00. The summed E-state index contributed by atoms with van der Waals surface area (Å²) >= 11 is 0. The monoisotopic (exact) mass is 398 g/mol. The average molecular weight is 398 g/mol. The molecule has 0 radical (unpaired) electrons. The van der Waals surface area contributed by atoms with E-state index in [9.17, 15) is 9.90 Å². The maximum atomic E-state index is 11.8. The summed E-state index contributed by atoms with van der Waals surface area (Å²) in [5, 5.41) is 10.2.